The molecule has 0 aromatic heterocycles. The monoisotopic (exact) mass is 372 g/mol. The van der Waals surface area contributed by atoms with Gasteiger partial charge in [-0.2, -0.15) is 12.6 Å². The van der Waals surface area contributed by atoms with Crippen LogP contribution in [0, 0.1) is 10.1 Å². The zero-order valence-electron chi connectivity index (χ0n) is 13.7. The van der Waals surface area contributed by atoms with Crippen LogP contribution >= 0.6 is 12.6 Å². The minimum Gasteiger partial charge on any atom is -0.480 e. The quantitative estimate of drug-likeness (QED) is 0.278. The highest BCUT2D eigenvalue weighted by atomic mass is 32.1. The SMILES string of the molecule is CCCCN(OC(=O)OCc1ccc([N+](=O)[O-])cc1)[C@@H](CS)C(=O)O. The standard InChI is InChI=1S/C15H20N2O7S/c1-2-3-8-16(13(10-25)14(18)19)24-15(20)23-9-11-4-6-12(7-5-11)17(21)22/h4-7,13,25H,2-3,8-10H2,1H3,(H,18,19)/t13-/m0/s1. The summed E-state index contributed by atoms with van der Waals surface area (Å²) >= 11 is 3.96. The van der Waals surface area contributed by atoms with Gasteiger partial charge in [-0.25, -0.2) is 4.79 Å². The molecule has 0 aliphatic rings. The summed E-state index contributed by atoms with van der Waals surface area (Å²) in [4.78, 5) is 38.0. The Bertz CT molecular complexity index is 594. The van der Waals surface area contributed by atoms with Crippen molar-refractivity contribution in [3.63, 3.8) is 0 Å². The molecular weight excluding hydrogens is 352 g/mol. The maximum Gasteiger partial charge on any atom is 0.528 e. The van der Waals surface area contributed by atoms with E-state index in [1.807, 2.05) is 6.92 Å². The Morgan fingerprint density at radius 3 is 2.48 bits per heavy atom. The topological polar surface area (TPSA) is 119 Å². The van der Waals surface area contributed by atoms with Gasteiger partial charge in [0.2, 0.25) is 0 Å². The van der Waals surface area contributed by atoms with E-state index in [1.54, 1.807) is 0 Å². The predicted molar refractivity (Wildman–Crippen MR) is 91.3 cm³/mol. The average molecular weight is 372 g/mol. The summed E-state index contributed by atoms with van der Waals surface area (Å²) in [5.41, 5.74) is 0.460. The van der Waals surface area contributed by atoms with Gasteiger partial charge in [0.25, 0.3) is 5.69 Å². The zero-order valence-corrected chi connectivity index (χ0v) is 14.6. The Kier molecular flexibility index (Phi) is 8.71. The second-order valence-electron chi connectivity index (χ2n) is 5.08. The minimum atomic E-state index is -1.16. The van der Waals surface area contributed by atoms with Crippen LogP contribution in [0.25, 0.3) is 0 Å². The lowest BCUT2D eigenvalue weighted by Gasteiger charge is -2.25. The Morgan fingerprint density at radius 1 is 1.36 bits per heavy atom. The number of nitro groups is 1. The summed E-state index contributed by atoms with van der Waals surface area (Å²) in [6.07, 6.45) is 0.367. The van der Waals surface area contributed by atoms with E-state index in [0.717, 1.165) is 11.5 Å². The molecule has 10 heteroatoms. The number of ether oxygens (including phenoxy) is 1. The summed E-state index contributed by atoms with van der Waals surface area (Å²) in [6.45, 7) is 2.00. The number of thiol groups is 1. The second kappa shape index (κ2) is 10.5. The number of hydroxylamine groups is 2. The maximum absolute atomic E-state index is 11.8. The van der Waals surface area contributed by atoms with Crippen molar-refractivity contribution in [2.45, 2.75) is 32.4 Å². The molecule has 0 saturated heterocycles. The molecule has 0 heterocycles. The molecule has 0 radical (unpaired) electrons. The number of carbonyl (C=O) groups excluding carboxylic acids is 1. The van der Waals surface area contributed by atoms with Crippen LogP contribution in [0.4, 0.5) is 10.5 Å². The van der Waals surface area contributed by atoms with Gasteiger partial charge in [-0.3, -0.25) is 14.9 Å². The summed E-state index contributed by atoms with van der Waals surface area (Å²) in [6, 6.07) is 4.40. The van der Waals surface area contributed by atoms with Crippen molar-refractivity contribution in [1.82, 2.24) is 5.06 Å². The molecule has 0 spiro atoms. The van der Waals surface area contributed by atoms with Gasteiger partial charge in [-0.1, -0.05) is 13.3 Å². The summed E-state index contributed by atoms with van der Waals surface area (Å²) in [5, 5.41) is 20.8. The number of carboxylic acid groups (broad SMARTS) is 1. The van der Waals surface area contributed by atoms with Gasteiger partial charge in [-0.15, -0.1) is 5.06 Å². The lowest BCUT2D eigenvalue weighted by Crippen LogP contribution is -2.44. The minimum absolute atomic E-state index is 0.0331. The molecule has 0 fully saturated rings. The van der Waals surface area contributed by atoms with Crippen molar-refractivity contribution >= 4 is 30.4 Å². The van der Waals surface area contributed by atoms with Crippen LogP contribution in [0.5, 0.6) is 0 Å². The Labute approximate surface area is 150 Å². The molecule has 25 heavy (non-hydrogen) atoms. The van der Waals surface area contributed by atoms with E-state index < -0.39 is 23.1 Å². The van der Waals surface area contributed by atoms with E-state index in [2.05, 4.69) is 12.6 Å². The van der Waals surface area contributed by atoms with Crippen LogP contribution in [0.1, 0.15) is 25.3 Å². The molecule has 1 rings (SSSR count). The highest BCUT2D eigenvalue weighted by molar-refractivity contribution is 7.80. The third-order valence-electron chi connectivity index (χ3n) is 3.23. The first-order valence-corrected chi connectivity index (χ1v) is 8.20. The largest absolute Gasteiger partial charge is 0.528 e. The highest BCUT2D eigenvalue weighted by Gasteiger charge is 2.28. The molecule has 0 bridgehead atoms. The molecule has 0 aliphatic heterocycles. The first kappa shape index (κ1) is 20.7. The van der Waals surface area contributed by atoms with Crippen molar-refractivity contribution in [3.8, 4) is 0 Å². The van der Waals surface area contributed by atoms with Crippen LogP contribution in [-0.4, -0.2) is 45.6 Å². The summed E-state index contributed by atoms with van der Waals surface area (Å²) in [5.74, 6) is -1.19. The number of hydrogen-bond donors (Lipinski definition) is 2. The van der Waals surface area contributed by atoms with Crippen LogP contribution in [-0.2, 0) is 21.0 Å². The highest BCUT2D eigenvalue weighted by Crippen LogP contribution is 2.13. The smallest absolute Gasteiger partial charge is 0.480 e. The molecule has 0 unspecified atom stereocenters. The third kappa shape index (κ3) is 6.98. The van der Waals surface area contributed by atoms with Crippen LogP contribution in [0.3, 0.4) is 0 Å². The van der Waals surface area contributed by atoms with E-state index in [4.69, 9.17) is 14.7 Å². The Hall–Kier alpha value is -2.33. The number of nitrogens with zero attached hydrogens (tertiary/aromatic N) is 2. The molecule has 1 aromatic rings. The lowest BCUT2D eigenvalue weighted by molar-refractivity contribution is -0.384. The number of aliphatic carboxylic acids is 1. The number of hydrogen-bond acceptors (Lipinski definition) is 8. The molecule has 0 saturated carbocycles. The van der Waals surface area contributed by atoms with E-state index >= 15 is 0 Å². The predicted octanol–water partition coefficient (Wildman–Crippen LogP) is 2.65. The van der Waals surface area contributed by atoms with Gasteiger partial charge in [0, 0.05) is 24.4 Å². The van der Waals surface area contributed by atoms with Crippen LogP contribution < -0.4 is 0 Å². The molecular formula is C15H20N2O7S. The van der Waals surface area contributed by atoms with Crippen LogP contribution in [0.2, 0.25) is 0 Å². The fourth-order valence-electron chi connectivity index (χ4n) is 1.85. The van der Waals surface area contributed by atoms with E-state index in [-0.39, 0.29) is 24.6 Å². The molecule has 0 amide bonds. The van der Waals surface area contributed by atoms with E-state index in [9.17, 15) is 19.7 Å². The maximum atomic E-state index is 11.8. The third-order valence-corrected chi connectivity index (χ3v) is 3.58. The van der Waals surface area contributed by atoms with E-state index in [1.165, 1.54) is 24.3 Å². The summed E-state index contributed by atoms with van der Waals surface area (Å²) < 4.78 is 4.92. The van der Waals surface area contributed by atoms with E-state index in [0.29, 0.717) is 12.0 Å². The van der Waals surface area contributed by atoms with Gasteiger partial charge in [-0.05, 0) is 24.1 Å². The molecule has 1 N–H and O–H groups in total. The second-order valence-corrected chi connectivity index (χ2v) is 5.45. The molecule has 1 atom stereocenters. The van der Waals surface area contributed by atoms with Gasteiger partial charge >= 0.3 is 12.1 Å². The first-order valence-electron chi connectivity index (χ1n) is 7.57. The molecule has 9 nitrogen and oxygen atoms in total. The molecule has 0 aliphatic carbocycles. The molecule has 138 valence electrons. The number of carbonyl (C=O) groups is 2. The fraction of sp³-hybridized carbons (Fsp3) is 0.467. The van der Waals surface area contributed by atoms with Crippen LogP contribution in [0.15, 0.2) is 24.3 Å². The van der Waals surface area contributed by atoms with Crippen molar-refractivity contribution in [2.24, 2.45) is 0 Å². The van der Waals surface area contributed by atoms with Crippen molar-refractivity contribution < 1.29 is 29.2 Å². The van der Waals surface area contributed by atoms with Crippen molar-refractivity contribution in [1.29, 1.82) is 0 Å². The van der Waals surface area contributed by atoms with Gasteiger partial charge in [0.1, 0.15) is 6.61 Å². The molecule has 1 aromatic carbocycles. The Morgan fingerprint density at radius 2 is 2.00 bits per heavy atom. The number of nitro benzene ring substituents is 1. The van der Waals surface area contributed by atoms with Gasteiger partial charge < -0.3 is 14.7 Å². The Balaban J connectivity index is 2.61. The van der Waals surface area contributed by atoms with Crippen molar-refractivity contribution in [3.05, 3.63) is 39.9 Å². The number of benzene rings is 1. The normalized spacial score (nSPS) is 11.8. The van der Waals surface area contributed by atoms with Crippen molar-refractivity contribution in [2.75, 3.05) is 12.3 Å². The zero-order chi connectivity index (χ0) is 18.8. The fourth-order valence-corrected chi connectivity index (χ4v) is 2.19. The summed E-state index contributed by atoms with van der Waals surface area (Å²) in [7, 11) is 0. The van der Waals surface area contributed by atoms with Gasteiger partial charge in [0.15, 0.2) is 6.04 Å². The average Bonchev–Trinajstić information content (AvgIpc) is 2.58. The number of carboxylic acids is 1. The lowest BCUT2D eigenvalue weighted by atomic mass is 10.2. The first-order chi connectivity index (χ1) is 11.9. The van der Waals surface area contributed by atoms with Gasteiger partial charge in [0.05, 0.1) is 4.92 Å². The number of rotatable bonds is 10. The number of unbranched alkanes of at least 4 members (excludes halogenated alkanes) is 1. The number of non-ortho nitro benzene ring substituents is 1.